The van der Waals surface area contributed by atoms with E-state index in [0.717, 1.165) is 16.4 Å². The summed E-state index contributed by atoms with van der Waals surface area (Å²) in [5, 5.41) is 10.2. The number of hydrogen-bond acceptors (Lipinski definition) is 6. The summed E-state index contributed by atoms with van der Waals surface area (Å²) in [6, 6.07) is 0. The third kappa shape index (κ3) is 3.88. The van der Waals surface area contributed by atoms with Crippen LogP contribution in [0.3, 0.4) is 0 Å². The quantitative estimate of drug-likeness (QED) is 0.754. The molecule has 1 aromatic rings. The molecule has 1 atom stereocenters. The van der Waals surface area contributed by atoms with E-state index in [1.807, 2.05) is 19.0 Å². The van der Waals surface area contributed by atoms with E-state index in [4.69, 9.17) is 0 Å². The number of rotatable bonds is 5. The van der Waals surface area contributed by atoms with Gasteiger partial charge in [-0.05, 0) is 14.1 Å². The Hall–Kier alpha value is -0.980. The molecule has 0 aliphatic heterocycles. The third-order valence-electron chi connectivity index (χ3n) is 1.91. The molecule has 16 heavy (non-hydrogen) atoms. The van der Waals surface area contributed by atoms with Crippen molar-refractivity contribution in [1.82, 2.24) is 9.88 Å². The Morgan fingerprint density at radius 3 is 2.94 bits per heavy atom. The van der Waals surface area contributed by atoms with Crippen molar-refractivity contribution >= 4 is 17.3 Å². The summed E-state index contributed by atoms with van der Waals surface area (Å²) in [6.07, 6.45) is 0.859. The van der Waals surface area contributed by atoms with Crippen molar-refractivity contribution in [2.24, 2.45) is 0 Å². The average molecular weight is 244 g/mol. The first kappa shape index (κ1) is 13.1. The van der Waals surface area contributed by atoms with E-state index in [-0.39, 0.29) is 6.42 Å². The summed E-state index contributed by atoms with van der Waals surface area (Å²) < 4.78 is 4.44. The van der Waals surface area contributed by atoms with Gasteiger partial charge in [0.15, 0.2) is 6.10 Å². The lowest BCUT2D eigenvalue weighted by atomic mass is 10.3. The van der Waals surface area contributed by atoms with Crippen LogP contribution in [0.1, 0.15) is 9.88 Å². The summed E-state index contributed by atoms with van der Waals surface area (Å²) in [7, 11) is 5.20. The fourth-order valence-corrected chi connectivity index (χ4v) is 2.29. The van der Waals surface area contributed by atoms with Gasteiger partial charge in [-0.2, -0.15) is 0 Å². The van der Waals surface area contributed by atoms with Gasteiger partial charge in [0, 0.05) is 24.0 Å². The van der Waals surface area contributed by atoms with Gasteiger partial charge in [-0.1, -0.05) is 0 Å². The van der Waals surface area contributed by atoms with Gasteiger partial charge in [0.1, 0.15) is 0 Å². The molecule has 0 aromatic carbocycles. The fraction of sp³-hybridized carbons (Fsp3) is 0.600. The molecule has 0 fully saturated rings. The summed E-state index contributed by atoms with van der Waals surface area (Å²) in [6.45, 7) is 0.811. The molecule has 0 aliphatic carbocycles. The molecule has 6 heteroatoms. The predicted molar refractivity (Wildman–Crippen MR) is 61.2 cm³/mol. The monoisotopic (exact) mass is 244 g/mol. The van der Waals surface area contributed by atoms with E-state index in [1.54, 1.807) is 6.20 Å². The van der Waals surface area contributed by atoms with Crippen LogP contribution in [-0.2, 0) is 22.5 Å². The average Bonchev–Trinajstić information content (AvgIpc) is 2.63. The Morgan fingerprint density at radius 1 is 1.69 bits per heavy atom. The number of methoxy groups -OCH3 is 1. The SMILES string of the molecule is COC(=O)C(O)Cc1ncc(CN(C)C)s1. The number of esters is 1. The van der Waals surface area contributed by atoms with Crippen LogP contribution in [0.4, 0.5) is 0 Å². The molecule has 1 heterocycles. The lowest BCUT2D eigenvalue weighted by molar-refractivity contribution is -0.150. The van der Waals surface area contributed by atoms with Crippen LogP contribution in [0.2, 0.25) is 0 Å². The Labute approximate surface area is 98.7 Å². The molecular weight excluding hydrogens is 228 g/mol. The number of hydrogen-bond donors (Lipinski definition) is 1. The number of carbonyl (C=O) groups is 1. The topological polar surface area (TPSA) is 62.7 Å². The number of aromatic nitrogens is 1. The highest BCUT2D eigenvalue weighted by Gasteiger charge is 2.17. The molecule has 5 nitrogen and oxygen atoms in total. The zero-order valence-electron chi connectivity index (χ0n) is 9.64. The highest BCUT2D eigenvalue weighted by atomic mass is 32.1. The second-order valence-corrected chi connectivity index (χ2v) is 4.90. The number of aliphatic hydroxyl groups is 1. The Kier molecular flexibility index (Phi) is 4.85. The molecule has 90 valence electrons. The largest absolute Gasteiger partial charge is 0.467 e. The van der Waals surface area contributed by atoms with E-state index in [9.17, 15) is 9.90 Å². The first-order valence-corrected chi connectivity index (χ1v) is 5.68. The van der Waals surface area contributed by atoms with Crippen LogP contribution in [0.15, 0.2) is 6.20 Å². The summed E-state index contributed by atoms with van der Waals surface area (Å²) in [5.74, 6) is -0.621. The van der Waals surface area contributed by atoms with Crippen molar-refractivity contribution < 1.29 is 14.6 Å². The minimum absolute atomic E-state index is 0.213. The van der Waals surface area contributed by atoms with Gasteiger partial charge in [0.25, 0.3) is 0 Å². The lowest BCUT2D eigenvalue weighted by Gasteiger charge is -2.06. The number of thiazole rings is 1. The first-order valence-electron chi connectivity index (χ1n) is 4.87. The van der Waals surface area contributed by atoms with Gasteiger partial charge in [0.05, 0.1) is 12.1 Å². The Balaban J connectivity index is 2.55. The first-order chi connectivity index (χ1) is 7.52. The summed E-state index contributed by atoms with van der Waals surface area (Å²) in [4.78, 5) is 18.3. The molecule has 0 saturated carbocycles. The minimum atomic E-state index is -1.12. The maximum absolute atomic E-state index is 11.0. The number of ether oxygens (including phenoxy) is 1. The standard InChI is InChI=1S/C10H16N2O3S/c1-12(2)6-7-5-11-9(16-7)4-8(13)10(14)15-3/h5,8,13H,4,6H2,1-3H3. The van der Waals surface area contributed by atoms with Gasteiger partial charge in [-0.25, -0.2) is 9.78 Å². The normalized spacial score (nSPS) is 12.8. The Morgan fingerprint density at radius 2 is 2.38 bits per heavy atom. The predicted octanol–water partition coefficient (Wildman–Crippen LogP) is 0.281. The van der Waals surface area contributed by atoms with Crippen LogP contribution in [0, 0.1) is 0 Å². The van der Waals surface area contributed by atoms with Gasteiger partial charge in [0.2, 0.25) is 0 Å². The molecule has 1 unspecified atom stereocenters. The van der Waals surface area contributed by atoms with E-state index in [2.05, 4.69) is 9.72 Å². The van der Waals surface area contributed by atoms with Crippen LogP contribution in [0.25, 0.3) is 0 Å². The van der Waals surface area contributed by atoms with Crippen molar-refractivity contribution in [2.45, 2.75) is 19.1 Å². The molecule has 0 aliphatic rings. The summed E-state index contributed by atoms with van der Waals surface area (Å²) >= 11 is 1.50. The molecular formula is C10H16N2O3S. The highest BCUT2D eigenvalue weighted by Crippen LogP contribution is 2.16. The van der Waals surface area contributed by atoms with Crippen molar-refractivity contribution in [1.29, 1.82) is 0 Å². The van der Waals surface area contributed by atoms with Crippen LogP contribution in [-0.4, -0.2) is 48.3 Å². The van der Waals surface area contributed by atoms with Gasteiger partial charge in [-0.3, -0.25) is 0 Å². The second-order valence-electron chi connectivity index (χ2n) is 3.70. The highest BCUT2D eigenvalue weighted by molar-refractivity contribution is 7.11. The molecule has 0 radical (unpaired) electrons. The van der Waals surface area contributed by atoms with Crippen molar-refractivity contribution in [2.75, 3.05) is 21.2 Å². The van der Waals surface area contributed by atoms with Crippen molar-refractivity contribution in [3.05, 3.63) is 16.1 Å². The molecule has 1 aromatic heterocycles. The maximum Gasteiger partial charge on any atom is 0.335 e. The summed E-state index contributed by atoms with van der Waals surface area (Å²) in [5.41, 5.74) is 0. The lowest BCUT2D eigenvalue weighted by Crippen LogP contribution is -2.23. The Bertz CT molecular complexity index is 352. The van der Waals surface area contributed by atoms with E-state index in [0.29, 0.717) is 0 Å². The van der Waals surface area contributed by atoms with E-state index >= 15 is 0 Å². The third-order valence-corrected chi connectivity index (χ3v) is 2.92. The van der Waals surface area contributed by atoms with E-state index < -0.39 is 12.1 Å². The van der Waals surface area contributed by atoms with Crippen molar-refractivity contribution in [3.63, 3.8) is 0 Å². The van der Waals surface area contributed by atoms with Crippen molar-refractivity contribution in [3.8, 4) is 0 Å². The molecule has 0 bridgehead atoms. The zero-order chi connectivity index (χ0) is 12.1. The minimum Gasteiger partial charge on any atom is -0.467 e. The molecule has 1 rings (SSSR count). The van der Waals surface area contributed by atoms with Crippen LogP contribution in [0.5, 0.6) is 0 Å². The fourth-order valence-electron chi connectivity index (χ4n) is 1.21. The van der Waals surface area contributed by atoms with Crippen LogP contribution < -0.4 is 0 Å². The maximum atomic E-state index is 11.0. The zero-order valence-corrected chi connectivity index (χ0v) is 10.5. The van der Waals surface area contributed by atoms with Gasteiger partial charge in [-0.15, -0.1) is 11.3 Å². The molecule has 1 N–H and O–H groups in total. The van der Waals surface area contributed by atoms with Gasteiger partial charge >= 0.3 is 5.97 Å². The molecule has 0 spiro atoms. The number of carbonyl (C=O) groups excluding carboxylic acids is 1. The smallest absolute Gasteiger partial charge is 0.335 e. The molecule has 0 saturated heterocycles. The number of aliphatic hydroxyl groups excluding tert-OH is 1. The van der Waals surface area contributed by atoms with Crippen LogP contribution >= 0.6 is 11.3 Å². The molecule has 0 amide bonds. The van der Waals surface area contributed by atoms with Gasteiger partial charge < -0.3 is 14.7 Å². The van der Waals surface area contributed by atoms with E-state index in [1.165, 1.54) is 18.4 Å². The number of nitrogens with zero attached hydrogens (tertiary/aromatic N) is 2. The second kappa shape index (κ2) is 5.93.